The number of sulfonamides is 1. The number of hydrogen-bond donors (Lipinski definition) is 1. The van der Waals surface area contributed by atoms with Crippen LogP contribution in [0.5, 0.6) is 0 Å². The molecule has 1 aromatic carbocycles. The number of nitrogens with zero attached hydrogens (tertiary/aromatic N) is 1. The highest BCUT2D eigenvalue weighted by atomic mass is 79.9. The van der Waals surface area contributed by atoms with E-state index in [1.165, 1.54) is 0 Å². The van der Waals surface area contributed by atoms with Gasteiger partial charge in [0.1, 0.15) is 0 Å². The smallest absolute Gasteiger partial charge is 0.243 e. The molecule has 1 aliphatic rings. The predicted molar refractivity (Wildman–Crippen MR) is 85.1 cm³/mol. The van der Waals surface area contributed by atoms with Crippen molar-refractivity contribution in [1.29, 1.82) is 0 Å². The number of nitrogens with two attached hydrogens (primary N) is 1. The molecular weight excluding hydrogens is 340 g/mol. The number of hydrogen-bond acceptors (Lipinski definition) is 3. The van der Waals surface area contributed by atoms with Crippen LogP contribution in [-0.2, 0) is 10.0 Å². The van der Waals surface area contributed by atoms with Crippen LogP contribution in [0.4, 0.5) is 5.69 Å². The quantitative estimate of drug-likeness (QED) is 0.842. The number of nitrogen functional groups attached to an aromatic ring is 1. The normalized spacial score (nSPS) is 18.4. The van der Waals surface area contributed by atoms with E-state index < -0.39 is 10.0 Å². The zero-order valence-electron chi connectivity index (χ0n) is 11.9. The lowest BCUT2D eigenvalue weighted by atomic mass is 9.96. The maximum absolute atomic E-state index is 12.8. The van der Waals surface area contributed by atoms with Gasteiger partial charge in [-0.3, -0.25) is 0 Å². The molecule has 1 aliphatic heterocycles. The largest absolute Gasteiger partial charge is 0.398 e. The Morgan fingerprint density at radius 3 is 2.50 bits per heavy atom. The van der Waals surface area contributed by atoms with Gasteiger partial charge in [0.15, 0.2) is 0 Å². The first-order chi connectivity index (χ1) is 9.36. The number of benzene rings is 1. The van der Waals surface area contributed by atoms with Gasteiger partial charge >= 0.3 is 0 Å². The first-order valence-electron chi connectivity index (χ1n) is 6.92. The molecule has 20 heavy (non-hydrogen) atoms. The van der Waals surface area contributed by atoms with Crippen molar-refractivity contribution in [3.8, 4) is 0 Å². The molecule has 0 radical (unpaired) electrons. The molecule has 2 rings (SSSR count). The summed E-state index contributed by atoms with van der Waals surface area (Å²) in [5.41, 5.74) is 7.01. The van der Waals surface area contributed by atoms with E-state index in [1.807, 2.05) is 0 Å². The summed E-state index contributed by atoms with van der Waals surface area (Å²) in [6.45, 7) is 5.13. The molecule has 6 heteroatoms. The molecule has 0 saturated carbocycles. The number of rotatable bonds is 3. The third-order valence-electron chi connectivity index (χ3n) is 4.13. The van der Waals surface area contributed by atoms with Crippen molar-refractivity contribution >= 4 is 31.6 Å². The standard InChI is InChI=1S/C14H21BrN2O2S/c1-3-11-4-6-17(7-5-11)20(18,19)14-9-12(15)8-13(16)10(14)2/h8-9,11H,3-7,16H2,1-2H3. The molecule has 0 aromatic heterocycles. The molecule has 0 amide bonds. The molecule has 1 aromatic rings. The van der Waals surface area contributed by atoms with Crippen molar-refractivity contribution in [1.82, 2.24) is 4.31 Å². The second-order valence-electron chi connectivity index (χ2n) is 5.37. The molecule has 0 atom stereocenters. The molecule has 0 spiro atoms. The summed E-state index contributed by atoms with van der Waals surface area (Å²) in [5.74, 6) is 0.648. The number of halogens is 1. The SMILES string of the molecule is CCC1CCN(S(=O)(=O)c2cc(Br)cc(N)c2C)CC1. The predicted octanol–water partition coefficient (Wildman–Crippen LogP) is 3.15. The van der Waals surface area contributed by atoms with Crippen LogP contribution in [0.2, 0.25) is 0 Å². The van der Waals surface area contributed by atoms with Crippen LogP contribution in [0.15, 0.2) is 21.5 Å². The van der Waals surface area contributed by atoms with E-state index in [9.17, 15) is 8.42 Å². The Bertz CT molecular complexity index is 593. The summed E-state index contributed by atoms with van der Waals surface area (Å²) >= 11 is 3.32. The lowest BCUT2D eigenvalue weighted by Gasteiger charge is -2.31. The molecule has 2 N–H and O–H groups in total. The molecule has 1 saturated heterocycles. The highest BCUT2D eigenvalue weighted by Gasteiger charge is 2.30. The third kappa shape index (κ3) is 3.02. The lowest BCUT2D eigenvalue weighted by Crippen LogP contribution is -2.38. The Hall–Kier alpha value is -0.590. The van der Waals surface area contributed by atoms with Crippen LogP contribution in [-0.4, -0.2) is 25.8 Å². The van der Waals surface area contributed by atoms with Gasteiger partial charge in [-0.15, -0.1) is 0 Å². The van der Waals surface area contributed by atoms with Crippen LogP contribution in [0, 0.1) is 12.8 Å². The first-order valence-corrected chi connectivity index (χ1v) is 9.15. The van der Waals surface area contributed by atoms with Gasteiger partial charge in [0, 0.05) is 23.2 Å². The van der Waals surface area contributed by atoms with Crippen molar-refractivity contribution in [2.75, 3.05) is 18.8 Å². The van der Waals surface area contributed by atoms with Gasteiger partial charge in [-0.1, -0.05) is 29.3 Å². The fourth-order valence-electron chi connectivity index (χ4n) is 2.64. The van der Waals surface area contributed by atoms with Gasteiger partial charge in [-0.05, 0) is 43.4 Å². The minimum absolute atomic E-state index is 0.319. The minimum Gasteiger partial charge on any atom is -0.398 e. The lowest BCUT2D eigenvalue weighted by molar-refractivity contribution is 0.269. The summed E-state index contributed by atoms with van der Waals surface area (Å²) in [6.07, 6.45) is 3.01. The van der Waals surface area contributed by atoms with Gasteiger partial charge in [0.2, 0.25) is 10.0 Å². The summed E-state index contributed by atoms with van der Waals surface area (Å²) in [7, 11) is -3.45. The minimum atomic E-state index is -3.45. The molecule has 1 fully saturated rings. The van der Waals surface area contributed by atoms with Crippen LogP contribution >= 0.6 is 15.9 Å². The molecule has 0 bridgehead atoms. The second-order valence-corrected chi connectivity index (χ2v) is 8.20. The Balaban J connectivity index is 2.32. The van der Waals surface area contributed by atoms with Gasteiger partial charge in [-0.2, -0.15) is 4.31 Å². The molecule has 112 valence electrons. The van der Waals surface area contributed by atoms with E-state index in [4.69, 9.17) is 5.73 Å². The van der Waals surface area contributed by atoms with Crippen LogP contribution in [0.25, 0.3) is 0 Å². The van der Waals surface area contributed by atoms with Crippen molar-refractivity contribution in [2.45, 2.75) is 38.0 Å². The van der Waals surface area contributed by atoms with E-state index >= 15 is 0 Å². The molecule has 0 unspecified atom stereocenters. The summed E-state index contributed by atoms with van der Waals surface area (Å²) in [5, 5.41) is 0. The summed E-state index contributed by atoms with van der Waals surface area (Å²) in [6, 6.07) is 3.38. The van der Waals surface area contributed by atoms with Crippen LogP contribution in [0.3, 0.4) is 0 Å². The maximum atomic E-state index is 12.8. The third-order valence-corrected chi connectivity index (χ3v) is 6.62. The Labute approximate surface area is 129 Å². The Morgan fingerprint density at radius 2 is 1.95 bits per heavy atom. The maximum Gasteiger partial charge on any atom is 0.243 e. The van der Waals surface area contributed by atoms with Crippen molar-refractivity contribution in [3.63, 3.8) is 0 Å². The van der Waals surface area contributed by atoms with E-state index in [0.717, 1.165) is 19.3 Å². The van der Waals surface area contributed by atoms with E-state index in [0.29, 0.717) is 39.6 Å². The fraction of sp³-hybridized carbons (Fsp3) is 0.571. The topological polar surface area (TPSA) is 63.4 Å². The molecular formula is C14H21BrN2O2S. The molecule has 4 nitrogen and oxygen atoms in total. The zero-order valence-corrected chi connectivity index (χ0v) is 14.3. The zero-order chi connectivity index (χ0) is 14.9. The van der Waals surface area contributed by atoms with E-state index in [-0.39, 0.29) is 0 Å². The first kappa shape index (κ1) is 15.8. The highest BCUT2D eigenvalue weighted by molar-refractivity contribution is 9.10. The average molecular weight is 361 g/mol. The van der Waals surface area contributed by atoms with E-state index in [2.05, 4.69) is 22.9 Å². The van der Waals surface area contributed by atoms with Gasteiger partial charge in [0.05, 0.1) is 4.90 Å². The number of anilines is 1. The van der Waals surface area contributed by atoms with Crippen molar-refractivity contribution in [3.05, 3.63) is 22.2 Å². The van der Waals surface area contributed by atoms with E-state index in [1.54, 1.807) is 23.4 Å². The monoisotopic (exact) mass is 360 g/mol. The highest BCUT2D eigenvalue weighted by Crippen LogP contribution is 2.31. The van der Waals surface area contributed by atoms with Crippen LogP contribution in [0.1, 0.15) is 31.7 Å². The molecule has 1 heterocycles. The van der Waals surface area contributed by atoms with Crippen LogP contribution < -0.4 is 5.73 Å². The Morgan fingerprint density at radius 1 is 1.35 bits per heavy atom. The molecule has 0 aliphatic carbocycles. The van der Waals surface area contributed by atoms with Crippen molar-refractivity contribution in [2.24, 2.45) is 5.92 Å². The fourth-order valence-corrected chi connectivity index (χ4v) is 5.02. The number of piperidine rings is 1. The van der Waals surface area contributed by atoms with Gasteiger partial charge < -0.3 is 5.73 Å². The van der Waals surface area contributed by atoms with Gasteiger partial charge in [-0.25, -0.2) is 8.42 Å². The average Bonchev–Trinajstić information content (AvgIpc) is 2.42. The van der Waals surface area contributed by atoms with Crippen molar-refractivity contribution < 1.29 is 8.42 Å². The summed E-state index contributed by atoms with van der Waals surface area (Å²) in [4.78, 5) is 0.319. The van der Waals surface area contributed by atoms with Gasteiger partial charge in [0.25, 0.3) is 0 Å². The second kappa shape index (κ2) is 6.03. The summed E-state index contributed by atoms with van der Waals surface area (Å²) < 4.78 is 27.8. The Kier molecular flexibility index (Phi) is 4.76.